The average molecular weight is 469 g/mol. The summed E-state index contributed by atoms with van der Waals surface area (Å²) >= 11 is 0. The van der Waals surface area contributed by atoms with E-state index in [1.807, 2.05) is 24.3 Å². The maximum absolute atomic E-state index is 14.1. The molecule has 2 bridgehead atoms. The fourth-order valence-corrected chi connectivity index (χ4v) is 5.94. The molecule has 3 aliphatic heterocycles. The number of aliphatic hydroxyl groups excluding tert-OH is 1. The van der Waals surface area contributed by atoms with E-state index in [1.165, 1.54) is 9.80 Å². The molecule has 2 unspecified atom stereocenters. The second kappa shape index (κ2) is 8.17. The Morgan fingerprint density at radius 3 is 2.88 bits per heavy atom. The number of carbonyl (C=O) groups excluding carboxylic acids is 2. The number of para-hydroxylation sites is 1. The summed E-state index contributed by atoms with van der Waals surface area (Å²) in [7, 11) is 0. The molecule has 2 aromatic rings. The van der Waals surface area contributed by atoms with Crippen LogP contribution in [-0.4, -0.2) is 89.7 Å². The third kappa shape index (κ3) is 3.07. The number of benzene rings is 1. The molecule has 2 amide bonds. The van der Waals surface area contributed by atoms with Crippen molar-refractivity contribution >= 4 is 28.8 Å². The van der Waals surface area contributed by atoms with E-state index in [4.69, 9.17) is 4.74 Å². The molecule has 1 aromatic heterocycles. The molecule has 3 saturated heterocycles. The maximum atomic E-state index is 14.1. The summed E-state index contributed by atoms with van der Waals surface area (Å²) in [6, 6.07) is 5.62. The molecule has 1 spiro atoms. The molecule has 6 atom stereocenters. The molecule has 11 nitrogen and oxygen atoms in total. The molecule has 180 valence electrons. The monoisotopic (exact) mass is 469 g/mol. The molecular weight excluding hydrogens is 442 g/mol. The fraction of sp³-hybridized carbons (Fsp3) is 0.522. The number of likely N-dealkylation sites (tertiary alicyclic amines) is 1. The normalized spacial score (nSPS) is 30.5. The van der Waals surface area contributed by atoms with Crippen LogP contribution in [0, 0.1) is 11.8 Å². The van der Waals surface area contributed by atoms with Crippen LogP contribution in [0.1, 0.15) is 19.8 Å². The van der Waals surface area contributed by atoms with Gasteiger partial charge in [-0.3, -0.25) is 14.4 Å². The standard InChI is InChI=1S/C23H27N5O6/c1-3-10-26(12-27-15-7-5-4-6-14(15)24-25-27)21(31)19-23-9-8-16(34-23)17(22(32)33)18(23)20(30)28(19)13(2)11-29/h3-7,13,16-19,29H,1,8-12H2,2H3,(H,32,33)/t13-,16+,17-,18+,19?,23?/m1/s1. The first kappa shape index (κ1) is 22.5. The number of fused-ring (bicyclic) bond motifs is 2. The number of carboxylic acids is 1. The molecule has 11 heteroatoms. The second-order valence-corrected chi connectivity index (χ2v) is 9.24. The van der Waals surface area contributed by atoms with Crippen LogP contribution in [0.25, 0.3) is 11.0 Å². The number of carboxylic acid groups (broad SMARTS) is 1. The zero-order chi connectivity index (χ0) is 24.2. The number of aliphatic carboxylic acids is 1. The number of aromatic nitrogens is 3. The van der Waals surface area contributed by atoms with E-state index in [-0.39, 0.29) is 19.8 Å². The zero-order valence-electron chi connectivity index (χ0n) is 18.8. The lowest BCUT2D eigenvalue weighted by atomic mass is 9.70. The van der Waals surface area contributed by atoms with Crippen LogP contribution in [0.3, 0.4) is 0 Å². The molecule has 1 aromatic carbocycles. The smallest absolute Gasteiger partial charge is 0.310 e. The van der Waals surface area contributed by atoms with Gasteiger partial charge in [-0.25, -0.2) is 4.68 Å². The van der Waals surface area contributed by atoms with Gasteiger partial charge >= 0.3 is 5.97 Å². The van der Waals surface area contributed by atoms with E-state index in [0.29, 0.717) is 18.4 Å². The minimum Gasteiger partial charge on any atom is -0.481 e. The molecule has 4 heterocycles. The summed E-state index contributed by atoms with van der Waals surface area (Å²) in [5.74, 6) is -3.95. The third-order valence-corrected chi connectivity index (χ3v) is 7.38. The summed E-state index contributed by atoms with van der Waals surface area (Å²) in [4.78, 5) is 42.5. The quantitative estimate of drug-likeness (QED) is 0.525. The van der Waals surface area contributed by atoms with Crippen LogP contribution in [-0.2, 0) is 25.8 Å². The summed E-state index contributed by atoms with van der Waals surface area (Å²) in [6.07, 6.45) is 1.83. The lowest BCUT2D eigenvalue weighted by Gasteiger charge is -2.38. The highest BCUT2D eigenvalue weighted by atomic mass is 16.5. The molecule has 34 heavy (non-hydrogen) atoms. The molecule has 0 radical (unpaired) electrons. The van der Waals surface area contributed by atoms with E-state index in [0.717, 1.165) is 5.52 Å². The van der Waals surface area contributed by atoms with Crippen LogP contribution in [0.2, 0.25) is 0 Å². The molecule has 0 aliphatic carbocycles. The minimum absolute atomic E-state index is 0.0595. The Labute approximate surface area is 195 Å². The van der Waals surface area contributed by atoms with Crippen LogP contribution in [0.15, 0.2) is 36.9 Å². The van der Waals surface area contributed by atoms with E-state index in [9.17, 15) is 24.6 Å². The Balaban J connectivity index is 1.54. The SMILES string of the molecule is C=CCN(Cn1nnc2ccccc21)C(=O)C1N([C@H](C)CO)C(=O)[C@@H]2[C@H](C(=O)O)[C@@H]3CCC12O3. The number of hydrogen-bond donors (Lipinski definition) is 2. The highest BCUT2D eigenvalue weighted by Gasteiger charge is 2.75. The van der Waals surface area contributed by atoms with Gasteiger partial charge < -0.3 is 24.7 Å². The van der Waals surface area contributed by atoms with Crippen molar-refractivity contribution in [2.75, 3.05) is 13.2 Å². The number of nitrogens with zero attached hydrogens (tertiary/aromatic N) is 5. The van der Waals surface area contributed by atoms with Gasteiger partial charge in [0.05, 0.1) is 36.1 Å². The number of hydrogen-bond acceptors (Lipinski definition) is 7. The molecule has 5 rings (SSSR count). The fourth-order valence-electron chi connectivity index (χ4n) is 5.94. The highest BCUT2D eigenvalue weighted by Crippen LogP contribution is 2.58. The molecule has 3 fully saturated rings. The Morgan fingerprint density at radius 2 is 2.18 bits per heavy atom. The Kier molecular flexibility index (Phi) is 5.40. The molecule has 2 N–H and O–H groups in total. The van der Waals surface area contributed by atoms with Crippen LogP contribution >= 0.6 is 0 Å². The van der Waals surface area contributed by atoms with Crippen LogP contribution < -0.4 is 0 Å². The van der Waals surface area contributed by atoms with Crippen molar-refractivity contribution in [3.05, 3.63) is 36.9 Å². The number of amides is 2. The Hall–Kier alpha value is -3.31. The maximum Gasteiger partial charge on any atom is 0.310 e. The zero-order valence-corrected chi connectivity index (χ0v) is 18.8. The van der Waals surface area contributed by atoms with E-state index in [1.54, 1.807) is 17.7 Å². The van der Waals surface area contributed by atoms with Crippen molar-refractivity contribution < 1.29 is 29.3 Å². The van der Waals surface area contributed by atoms with E-state index in [2.05, 4.69) is 16.9 Å². The van der Waals surface area contributed by atoms with Gasteiger partial charge in [0.2, 0.25) is 11.8 Å². The second-order valence-electron chi connectivity index (χ2n) is 9.24. The third-order valence-electron chi connectivity index (χ3n) is 7.38. The van der Waals surface area contributed by atoms with Gasteiger partial charge in [0.15, 0.2) is 0 Å². The van der Waals surface area contributed by atoms with E-state index < -0.39 is 53.4 Å². The predicted octanol–water partition coefficient (Wildman–Crippen LogP) is 0.243. The first-order valence-electron chi connectivity index (χ1n) is 11.4. The largest absolute Gasteiger partial charge is 0.481 e. The van der Waals surface area contributed by atoms with Gasteiger partial charge in [-0.1, -0.05) is 23.4 Å². The van der Waals surface area contributed by atoms with Gasteiger partial charge in [0, 0.05) is 6.54 Å². The number of carbonyl (C=O) groups is 3. The van der Waals surface area contributed by atoms with Gasteiger partial charge in [-0.15, -0.1) is 11.7 Å². The van der Waals surface area contributed by atoms with Crippen molar-refractivity contribution in [1.82, 2.24) is 24.8 Å². The first-order valence-corrected chi connectivity index (χ1v) is 11.4. The molecule has 3 aliphatic rings. The van der Waals surface area contributed by atoms with Gasteiger partial charge in [-0.05, 0) is 31.9 Å². The summed E-state index contributed by atoms with van der Waals surface area (Å²) in [5.41, 5.74) is 0.183. The average Bonchev–Trinajstić information content (AvgIpc) is 3.57. The first-order chi connectivity index (χ1) is 16.3. The molecular formula is C23H27N5O6. The number of aliphatic hydroxyl groups is 1. The lowest BCUT2D eigenvalue weighted by molar-refractivity contribution is -0.153. The Bertz CT molecular complexity index is 1170. The summed E-state index contributed by atoms with van der Waals surface area (Å²) < 4.78 is 7.78. The van der Waals surface area contributed by atoms with Crippen molar-refractivity contribution in [3.63, 3.8) is 0 Å². The predicted molar refractivity (Wildman–Crippen MR) is 118 cm³/mol. The van der Waals surface area contributed by atoms with Crippen LogP contribution in [0.5, 0.6) is 0 Å². The van der Waals surface area contributed by atoms with Gasteiger partial charge in [-0.2, -0.15) is 0 Å². The van der Waals surface area contributed by atoms with Crippen molar-refractivity contribution in [3.8, 4) is 0 Å². The number of ether oxygens (including phenoxy) is 1. The van der Waals surface area contributed by atoms with Gasteiger partial charge in [0.25, 0.3) is 0 Å². The summed E-state index contributed by atoms with van der Waals surface area (Å²) in [6.45, 7) is 5.27. The van der Waals surface area contributed by atoms with Gasteiger partial charge in [0.1, 0.15) is 23.8 Å². The summed E-state index contributed by atoms with van der Waals surface area (Å²) in [5, 5.41) is 28.0. The van der Waals surface area contributed by atoms with Crippen molar-refractivity contribution in [2.24, 2.45) is 11.8 Å². The van der Waals surface area contributed by atoms with Crippen LogP contribution in [0.4, 0.5) is 0 Å². The van der Waals surface area contributed by atoms with E-state index >= 15 is 0 Å². The highest BCUT2D eigenvalue weighted by molar-refractivity contribution is 5.98. The molecule has 0 saturated carbocycles. The minimum atomic E-state index is -1.24. The van der Waals surface area contributed by atoms with Crippen molar-refractivity contribution in [2.45, 2.75) is 50.2 Å². The van der Waals surface area contributed by atoms with Crippen molar-refractivity contribution in [1.29, 1.82) is 0 Å². The number of rotatable bonds is 8. The topological polar surface area (TPSA) is 138 Å². The lowest BCUT2D eigenvalue weighted by Crippen LogP contribution is -2.58. The Morgan fingerprint density at radius 1 is 1.41 bits per heavy atom.